The predicted octanol–water partition coefficient (Wildman–Crippen LogP) is 3.62. The highest BCUT2D eigenvalue weighted by Gasteiger charge is 2.34. The van der Waals surface area contributed by atoms with E-state index < -0.39 is 17.8 Å². The Morgan fingerprint density at radius 1 is 1.25 bits per heavy atom. The number of likely N-dealkylation sites (tertiary alicyclic amines) is 1. The predicted molar refractivity (Wildman–Crippen MR) is 81.2 cm³/mol. The molecule has 7 heteroatoms. The van der Waals surface area contributed by atoms with Gasteiger partial charge in [0.2, 0.25) is 0 Å². The Kier molecular flexibility index (Phi) is 4.40. The molecule has 1 fully saturated rings. The maximum atomic E-state index is 12.7. The Morgan fingerprint density at radius 3 is 2.46 bits per heavy atom. The van der Waals surface area contributed by atoms with Gasteiger partial charge in [0.25, 0.3) is 0 Å². The van der Waals surface area contributed by atoms with Crippen molar-refractivity contribution in [2.24, 2.45) is 0 Å². The van der Waals surface area contributed by atoms with Gasteiger partial charge in [-0.25, -0.2) is 0 Å². The third-order valence-corrected chi connectivity index (χ3v) is 4.55. The lowest BCUT2D eigenvalue weighted by Crippen LogP contribution is -2.25. The van der Waals surface area contributed by atoms with Crippen molar-refractivity contribution in [3.63, 3.8) is 0 Å². The zero-order valence-electron chi connectivity index (χ0n) is 13.5. The quantitative estimate of drug-likeness (QED) is 0.927. The number of benzene rings is 1. The molecule has 4 nitrogen and oxygen atoms in total. The van der Waals surface area contributed by atoms with Crippen molar-refractivity contribution in [2.75, 3.05) is 6.54 Å². The molecule has 0 radical (unpaired) electrons. The van der Waals surface area contributed by atoms with E-state index in [1.54, 1.807) is 0 Å². The van der Waals surface area contributed by atoms with E-state index in [2.05, 4.69) is 10.1 Å². The molecule has 0 saturated carbocycles. The van der Waals surface area contributed by atoms with Crippen LogP contribution in [0, 0.1) is 13.8 Å². The Balaban J connectivity index is 1.83. The first-order valence-corrected chi connectivity index (χ1v) is 7.76. The van der Waals surface area contributed by atoms with Crippen molar-refractivity contribution in [1.29, 1.82) is 0 Å². The summed E-state index contributed by atoms with van der Waals surface area (Å²) in [6.45, 7) is 4.69. The molecule has 1 saturated heterocycles. The topological polar surface area (TPSA) is 49.5 Å². The van der Waals surface area contributed by atoms with Crippen LogP contribution in [0.5, 0.6) is 0 Å². The van der Waals surface area contributed by atoms with Crippen molar-refractivity contribution in [3.05, 3.63) is 52.4 Å². The summed E-state index contributed by atoms with van der Waals surface area (Å²) in [6.07, 6.45) is -4.35. The molecule has 2 heterocycles. The molecule has 2 aromatic rings. The Morgan fingerprint density at radius 2 is 1.92 bits per heavy atom. The maximum Gasteiger partial charge on any atom is 0.416 e. The molecular formula is C17H19F3N2O2. The molecule has 2 atom stereocenters. The van der Waals surface area contributed by atoms with Crippen LogP contribution in [0.1, 0.15) is 40.6 Å². The highest BCUT2D eigenvalue weighted by molar-refractivity contribution is 5.28. The SMILES string of the molecule is Cc1noc(C)c1CN1CC(O)CC1c1ccc(C(F)(F)F)cc1. The highest BCUT2D eigenvalue weighted by Crippen LogP contribution is 2.36. The number of aromatic nitrogens is 1. The number of alkyl halides is 3. The first kappa shape index (κ1) is 17.0. The molecule has 3 rings (SSSR count). The van der Waals surface area contributed by atoms with E-state index in [0.717, 1.165) is 34.7 Å². The van der Waals surface area contributed by atoms with Gasteiger partial charge in [-0.1, -0.05) is 17.3 Å². The maximum absolute atomic E-state index is 12.7. The van der Waals surface area contributed by atoms with E-state index in [-0.39, 0.29) is 6.04 Å². The first-order valence-electron chi connectivity index (χ1n) is 7.76. The third kappa shape index (κ3) is 3.32. The average Bonchev–Trinajstić information content (AvgIpc) is 3.04. The van der Waals surface area contributed by atoms with Crippen LogP contribution in [0.15, 0.2) is 28.8 Å². The third-order valence-electron chi connectivity index (χ3n) is 4.55. The zero-order chi connectivity index (χ0) is 17.5. The van der Waals surface area contributed by atoms with Crippen LogP contribution in [-0.4, -0.2) is 27.8 Å². The number of rotatable bonds is 3. The van der Waals surface area contributed by atoms with E-state index >= 15 is 0 Å². The van der Waals surface area contributed by atoms with Gasteiger partial charge in [0.1, 0.15) is 5.76 Å². The summed E-state index contributed by atoms with van der Waals surface area (Å²) in [5.41, 5.74) is 1.86. The molecule has 1 N–H and O–H groups in total. The van der Waals surface area contributed by atoms with Gasteiger partial charge in [0.15, 0.2) is 0 Å². The number of aliphatic hydroxyl groups is 1. The van der Waals surface area contributed by atoms with Crippen molar-refractivity contribution in [3.8, 4) is 0 Å². The van der Waals surface area contributed by atoms with E-state index in [4.69, 9.17) is 4.52 Å². The Labute approximate surface area is 137 Å². The van der Waals surface area contributed by atoms with Gasteiger partial charge in [0, 0.05) is 24.7 Å². The van der Waals surface area contributed by atoms with E-state index in [9.17, 15) is 18.3 Å². The van der Waals surface area contributed by atoms with Crippen LogP contribution >= 0.6 is 0 Å². The summed E-state index contributed by atoms with van der Waals surface area (Å²) in [5.74, 6) is 0.722. The number of halogens is 3. The smallest absolute Gasteiger partial charge is 0.392 e. The number of aryl methyl sites for hydroxylation is 2. The summed E-state index contributed by atoms with van der Waals surface area (Å²) < 4.78 is 43.3. The lowest BCUT2D eigenvalue weighted by Gasteiger charge is -2.24. The normalized spacial score (nSPS) is 22.2. The molecule has 1 aliphatic heterocycles. The van der Waals surface area contributed by atoms with Gasteiger partial charge >= 0.3 is 6.18 Å². The number of β-amino-alcohol motifs (C(OH)–C–C–N with tert-alkyl or cyclic N) is 1. The second-order valence-corrected chi connectivity index (χ2v) is 6.26. The lowest BCUT2D eigenvalue weighted by molar-refractivity contribution is -0.137. The zero-order valence-corrected chi connectivity index (χ0v) is 13.5. The number of hydrogen-bond donors (Lipinski definition) is 1. The first-order chi connectivity index (χ1) is 11.3. The summed E-state index contributed by atoms with van der Waals surface area (Å²) in [7, 11) is 0. The van der Waals surface area contributed by atoms with Crippen molar-refractivity contribution in [2.45, 2.75) is 45.1 Å². The van der Waals surface area contributed by atoms with Crippen LogP contribution < -0.4 is 0 Å². The van der Waals surface area contributed by atoms with Gasteiger partial charge in [-0.3, -0.25) is 4.90 Å². The van der Waals surface area contributed by atoms with E-state index in [1.165, 1.54) is 12.1 Å². The molecule has 24 heavy (non-hydrogen) atoms. The number of aliphatic hydroxyl groups excluding tert-OH is 1. The summed E-state index contributed by atoms with van der Waals surface area (Å²) in [4.78, 5) is 2.06. The van der Waals surface area contributed by atoms with Crippen molar-refractivity contribution >= 4 is 0 Å². The van der Waals surface area contributed by atoms with Crippen LogP contribution in [0.25, 0.3) is 0 Å². The van der Waals surface area contributed by atoms with Gasteiger partial charge in [-0.2, -0.15) is 13.2 Å². The summed E-state index contributed by atoms with van der Waals surface area (Å²) in [6, 6.07) is 5.04. The van der Waals surface area contributed by atoms with Gasteiger partial charge < -0.3 is 9.63 Å². The number of hydrogen-bond acceptors (Lipinski definition) is 4. The average molecular weight is 340 g/mol. The largest absolute Gasteiger partial charge is 0.416 e. The molecule has 1 aromatic heterocycles. The van der Waals surface area contributed by atoms with Crippen LogP contribution in [0.3, 0.4) is 0 Å². The lowest BCUT2D eigenvalue weighted by atomic mass is 10.0. The fourth-order valence-electron chi connectivity index (χ4n) is 3.23. The minimum Gasteiger partial charge on any atom is -0.392 e. The standard InChI is InChI=1S/C17H19F3N2O2/c1-10-15(11(2)24-21-10)9-22-8-14(23)7-16(22)12-3-5-13(6-4-12)17(18,19)20/h3-6,14,16,23H,7-9H2,1-2H3. The van der Waals surface area contributed by atoms with Crippen LogP contribution in [0.4, 0.5) is 13.2 Å². The molecule has 2 unspecified atom stereocenters. The second-order valence-electron chi connectivity index (χ2n) is 6.26. The highest BCUT2D eigenvalue weighted by atomic mass is 19.4. The molecule has 0 spiro atoms. The minimum atomic E-state index is -4.34. The van der Waals surface area contributed by atoms with Crippen molar-refractivity contribution in [1.82, 2.24) is 10.1 Å². The minimum absolute atomic E-state index is 0.129. The molecule has 0 aliphatic carbocycles. The molecule has 130 valence electrons. The van der Waals surface area contributed by atoms with Crippen molar-refractivity contribution < 1.29 is 22.8 Å². The molecule has 0 amide bonds. The van der Waals surface area contributed by atoms with Gasteiger partial charge in [0.05, 0.1) is 17.4 Å². The molecule has 1 aliphatic rings. The molecular weight excluding hydrogens is 321 g/mol. The Bertz CT molecular complexity index is 690. The van der Waals surface area contributed by atoms with E-state index in [0.29, 0.717) is 19.5 Å². The fourth-order valence-corrected chi connectivity index (χ4v) is 3.23. The van der Waals surface area contributed by atoms with Crippen LogP contribution in [-0.2, 0) is 12.7 Å². The molecule has 0 bridgehead atoms. The molecule has 1 aromatic carbocycles. The Hall–Kier alpha value is -1.86. The van der Waals surface area contributed by atoms with Gasteiger partial charge in [-0.05, 0) is 38.0 Å². The van der Waals surface area contributed by atoms with E-state index in [1.807, 2.05) is 13.8 Å². The van der Waals surface area contributed by atoms with Gasteiger partial charge in [-0.15, -0.1) is 0 Å². The fraction of sp³-hybridized carbons (Fsp3) is 0.471. The monoisotopic (exact) mass is 340 g/mol. The summed E-state index contributed by atoms with van der Waals surface area (Å²) >= 11 is 0. The second kappa shape index (κ2) is 6.22. The van der Waals surface area contributed by atoms with Crippen LogP contribution in [0.2, 0.25) is 0 Å². The number of nitrogens with zero attached hydrogens (tertiary/aromatic N) is 2. The summed E-state index contributed by atoms with van der Waals surface area (Å²) in [5, 5.41) is 13.9.